The standard InChI is InChI=1S/C17H33NO5S/c1-5-9(2)18-10-6-12(17(3,4)7-10)24-16-15(22)14(21)13(20)11(8-19)23-16/h9-16,18-22H,5-8H2,1-4H3/t9-,10?,11+,12?,13-,14-,15+,16-/m0/s1. The Bertz CT molecular complexity index is 408. The second kappa shape index (κ2) is 8.20. The molecule has 0 aromatic rings. The minimum absolute atomic E-state index is 0.0780. The number of thioether (sulfide) groups is 1. The first-order chi connectivity index (χ1) is 11.2. The van der Waals surface area contributed by atoms with Crippen molar-refractivity contribution in [2.75, 3.05) is 6.61 Å². The fourth-order valence-corrected chi connectivity index (χ4v) is 5.32. The first-order valence-corrected chi connectivity index (χ1v) is 9.86. The van der Waals surface area contributed by atoms with Gasteiger partial charge in [0.2, 0.25) is 0 Å². The second-order valence-electron chi connectivity index (χ2n) is 7.92. The van der Waals surface area contributed by atoms with Gasteiger partial charge in [0.05, 0.1) is 6.61 Å². The molecule has 6 nitrogen and oxygen atoms in total. The minimum Gasteiger partial charge on any atom is -0.394 e. The number of aliphatic hydroxyl groups is 4. The predicted molar refractivity (Wildman–Crippen MR) is 94.8 cm³/mol. The lowest BCUT2D eigenvalue weighted by molar-refractivity contribution is -0.205. The lowest BCUT2D eigenvalue weighted by atomic mass is 9.91. The van der Waals surface area contributed by atoms with E-state index in [9.17, 15) is 20.4 Å². The highest BCUT2D eigenvalue weighted by Gasteiger charge is 2.48. The Labute approximate surface area is 149 Å². The quantitative estimate of drug-likeness (QED) is 0.467. The van der Waals surface area contributed by atoms with E-state index >= 15 is 0 Å². The molecule has 0 spiro atoms. The van der Waals surface area contributed by atoms with Gasteiger partial charge in [-0.2, -0.15) is 0 Å². The molecule has 8 atom stereocenters. The maximum absolute atomic E-state index is 10.2. The summed E-state index contributed by atoms with van der Waals surface area (Å²) in [6.07, 6.45) is -1.49. The van der Waals surface area contributed by atoms with Gasteiger partial charge in [0, 0.05) is 17.3 Å². The van der Waals surface area contributed by atoms with Gasteiger partial charge in [-0.05, 0) is 31.6 Å². The van der Waals surface area contributed by atoms with E-state index in [-0.39, 0.29) is 17.3 Å². The van der Waals surface area contributed by atoms with E-state index in [1.54, 1.807) is 0 Å². The molecular formula is C17H33NO5S. The van der Waals surface area contributed by atoms with Crippen LogP contribution >= 0.6 is 11.8 Å². The molecule has 0 bridgehead atoms. The van der Waals surface area contributed by atoms with Crippen LogP contribution in [0.25, 0.3) is 0 Å². The molecule has 0 amide bonds. The average Bonchev–Trinajstić information content (AvgIpc) is 2.81. The Balaban J connectivity index is 2.01. The molecule has 1 saturated heterocycles. The summed E-state index contributed by atoms with van der Waals surface area (Å²) < 4.78 is 5.66. The second-order valence-corrected chi connectivity index (χ2v) is 9.23. The van der Waals surface area contributed by atoms with Crippen LogP contribution in [0.15, 0.2) is 0 Å². The van der Waals surface area contributed by atoms with E-state index in [0.29, 0.717) is 12.1 Å². The van der Waals surface area contributed by atoms with Crippen molar-refractivity contribution in [3.8, 4) is 0 Å². The van der Waals surface area contributed by atoms with Crippen molar-refractivity contribution in [2.45, 2.75) is 94.1 Å². The largest absolute Gasteiger partial charge is 0.394 e. The summed E-state index contributed by atoms with van der Waals surface area (Å²) in [4.78, 5) is 0. The maximum atomic E-state index is 10.2. The molecule has 0 aromatic heterocycles. The summed E-state index contributed by atoms with van der Waals surface area (Å²) in [5.74, 6) is 0. The van der Waals surface area contributed by atoms with E-state index in [0.717, 1.165) is 19.3 Å². The molecule has 7 heteroatoms. The maximum Gasteiger partial charge on any atom is 0.132 e. The third-order valence-electron chi connectivity index (χ3n) is 5.42. The number of hydrogen-bond donors (Lipinski definition) is 5. The van der Waals surface area contributed by atoms with Crippen molar-refractivity contribution in [3.63, 3.8) is 0 Å². The fourth-order valence-electron chi connectivity index (χ4n) is 3.66. The van der Waals surface area contributed by atoms with Gasteiger partial charge in [-0.3, -0.25) is 0 Å². The lowest BCUT2D eigenvalue weighted by Crippen LogP contribution is -2.58. The molecular weight excluding hydrogens is 330 g/mol. The summed E-state index contributed by atoms with van der Waals surface area (Å²) in [7, 11) is 0. The molecule has 1 saturated carbocycles. The first kappa shape index (κ1) is 20.4. The molecule has 2 aliphatic rings. The molecule has 5 N–H and O–H groups in total. The molecule has 1 aliphatic carbocycles. The Morgan fingerprint density at radius 1 is 1.21 bits per heavy atom. The highest BCUT2D eigenvalue weighted by Crippen LogP contribution is 2.47. The van der Waals surface area contributed by atoms with Crippen LogP contribution < -0.4 is 5.32 Å². The predicted octanol–water partition coefficient (Wildman–Crippen LogP) is 0.465. The Kier molecular flexibility index (Phi) is 6.98. The van der Waals surface area contributed by atoms with Crippen molar-refractivity contribution >= 4 is 11.8 Å². The van der Waals surface area contributed by atoms with Crippen LogP contribution in [0.3, 0.4) is 0 Å². The molecule has 142 valence electrons. The van der Waals surface area contributed by atoms with E-state index < -0.39 is 29.9 Å². The zero-order valence-electron chi connectivity index (χ0n) is 15.1. The molecule has 1 heterocycles. The summed E-state index contributed by atoms with van der Waals surface area (Å²) in [6.45, 7) is 8.40. The molecule has 2 rings (SSSR count). The number of nitrogens with one attached hydrogen (secondary N) is 1. The van der Waals surface area contributed by atoms with E-state index in [1.807, 2.05) is 0 Å². The van der Waals surface area contributed by atoms with Crippen molar-refractivity contribution in [3.05, 3.63) is 0 Å². The van der Waals surface area contributed by atoms with Crippen LogP contribution in [0, 0.1) is 5.41 Å². The summed E-state index contributed by atoms with van der Waals surface area (Å²) in [5.41, 5.74) is -0.568. The summed E-state index contributed by atoms with van der Waals surface area (Å²) in [5, 5.41) is 43.3. The SMILES string of the molecule is CC[C@H](C)NC1CC(S[C@@H]2O[C@H](CO)[C@H](O)[C@H](O)[C@H]2O)C(C)(C)C1. The summed E-state index contributed by atoms with van der Waals surface area (Å²) >= 11 is 1.51. The zero-order valence-corrected chi connectivity index (χ0v) is 15.9. The average molecular weight is 364 g/mol. The molecule has 24 heavy (non-hydrogen) atoms. The first-order valence-electron chi connectivity index (χ1n) is 8.91. The molecule has 0 radical (unpaired) electrons. The smallest absolute Gasteiger partial charge is 0.132 e. The van der Waals surface area contributed by atoms with Gasteiger partial charge in [0.25, 0.3) is 0 Å². The lowest BCUT2D eigenvalue weighted by Gasteiger charge is -2.41. The van der Waals surface area contributed by atoms with Crippen molar-refractivity contribution in [2.24, 2.45) is 5.41 Å². The molecule has 2 unspecified atom stereocenters. The van der Waals surface area contributed by atoms with Gasteiger partial charge < -0.3 is 30.5 Å². The van der Waals surface area contributed by atoms with E-state index in [1.165, 1.54) is 11.8 Å². The molecule has 2 fully saturated rings. The summed E-state index contributed by atoms with van der Waals surface area (Å²) in [6, 6.07) is 0.902. The Hall–Kier alpha value is 0.110. The van der Waals surface area contributed by atoms with Crippen molar-refractivity contribution < 1.29 is 25.2 Å². The van der Waals surface area contributed by atoms with E-state index in [4.69, 9.17) is 4.74 Å². The number of ether oxygens (including phenoxy) is 1. The van der Waals surface area contributed by atoms with Gasteiger partial charge in [0.1, 0.15) is 29.9 Å². The monoisotopic (exact) mass is 363 g/mol. The zero-order chi connectivity index (χ0) is 18.1. The normalized spacial score (nSPS) is 43.8. The third kappa shape index (κ3) is 4.44. The van der Waals surface area contributed by atoms with Crippen molar-refractivity contribution in [1.82, 2.24) is 5.32 Å². The Morgan fingerprint density at radius 2 is 1.88 bits per heavy atom. The van der Waals surface area contributed by atoms with E-state index in [2.05, 4.69) is 33.0 Å². The van der Waals surface area contributed by atoms with Gasteiger partial charge in [-0.25, -0.2) is 0 Å². The van der Waals surface area contributed by atoms with Crippen molar-refractivity contribution in [1.29, 1.82) is 0 Å². The van der Waals surface area contributed by atoms with Crippen LogP contribution in [0.2, 0.25) is 0 Å². The Morgan fingerprint density at radius 3 is 2.46 bits per heavy atom. The van der Waals surface area contributed by atoms with Crippen LogP contribution in [0.1, 0.15) is 47.0 Å². The molecule has 0 aromatic carbocycles. The number of aliphatic hydroxyl groups excluding tert-OH is 4. The van der Waals surface area contributed by atoms with Gasteiger partial charge in [-0.1, -0.05) is 20.8 Å². The minimum atomic E-state index is -1.30. The van der Waals surface area contributed by atoms with Crippen LogP contribution in [-0.2, 0) is 4.74 Å². The van der Waals surface area contributed by atoms with Crippen LogP contribution in [0.4, 0.5) is 0 Å². The number of hydrogen-bond acceptors (Lipinski definition) is 7. The fraction of sp³-hybridized carbons (Fsp3) is 1.00. The van der Waals surface area contributed by atoms with Gasteiger partial charge >= 0.3 is 0 Å². The highest BCUT2D eigenvalue weighted by atomic mass is 32.2. The highest BCUT2D eigenvalue weighted by molar-refractivity contribution is 8.00. The molecule has 1 aliphatic heterocycles. The van der Waals surface area contributed by atoms with Gasteiger partial charge in [0.15, 0.2) is 0 Å². The van der Waals surface area contributed by atoms with Crippen LogP contribution in [0.5, 0.6) is 0 Å². The number of rotatable bonds is 6. The third-order valence-corrected chi connectivity index (χ3v) is 7.24. The topological polar surface area (TPSA) is 102 Å². The van der Waals surface area contributed by atoms with Crippen LogP contribution in [-0.4, -0.2) is 74.2 Å². The van der Waals surface area contributed by atoms with Gasteiger partial charge in [-0.15, -0.1) is 11.8 Å².